The summed E-state index contributed by atoms with van der Waals surface area (Å²) >= 11 is 5.96. The normalized spacial score (nSPS) is 20.8. The topological polar surface area (TPSA) is 0 Å². The Kier molecular flexibility index (Phi) is 5.55. The summed E-state index contributed by atoms with van der Waals surface area (Å²) in [7, 11) is 0. The maximum atomic E-state index is 3.96. The Morgan fingerprint density at radius 1 is 1.18 bits per heavy atom. The third-order valence-electron chi connectivity index (χ3n) is 3.87. The quantitative estimate of drug-likeness (QED) is 0.591. The van der Waals surface area contributed by atoms with Gasteiger partial charge < -0.3 is 0 Å². The van der Waals surface area contributed by atoms with Gasteiger partial charge in [-0.25, -0.2) is 0 Å². The van der Waals surface area contributed by atoms with Gasteiger partial charge in [0.05, 0.1) is 4.83 Å². The predicted molar refractivity (Wildman–Crippen MR) is 81.2 cm³/mol. The number of hydrogen-bond acceptors (Lipinski definition) is 1. The molecule has 1 aromatic heterocycles. The van der Waals surface area contributed by atoms with Gasteiger partial charge in [-0.2, -0.15) is 0 Å². The molecule has 0 saturated heterocycles. The van der Waals surface area contributed by atoms with E-state index in [1.54, 1.807) is 4.88 Å². The lowest BCUT2D eigenvalue weighted by Crippen LogP contribution is -2.09. The SMILES string of the molecule is CCc1ccc(C(Br)C2CCCCCCC2)s1. The summed E-state index contributed by atoms with van der Waals surface area (Å²) in [5, 5.41) is 0. The van der Waals surface area contributed by atoms with Crippen molar-refractivity contribution in [2.24, 2.45) is 5.92 Å². The van der Waals surface area contributed by atoms with Crippen LogP contribution in [0.2, 0.25) is 0 Å². The molecule has 0 N–H and O–H groups in total. The minimum atomic E-state index is 0.603. The fourth-order valence-electron chi connectivity index (χ4n) is 2.75. The zero-order chi connectivity index (χ0) is 12.1. The first-order valence-electron chi connectivity index (χ1n) is 7.04. The maximum Gasteiger partial charge on any atom is 0.0517 e. The molecule has 1 aliphatic rings. The van der Waals surface area contributed by atoms with Gasteiger partial charge in [-0.3, -0.25) is 0 Å². The highest BCUT2D eigenvalue weighted by Crippen LogP contribution is 2.41. The molecule has 2 heteroatoms. The maximum absolute atomic E-state index is 3.96. The van der Waals surface area contributed by atoms with E-state index in [0.717, 1.165) is 5.92 Å². The summed E-state index contributed by atoms with van der Waals surface area (Å²) in [5.41, 5.74) is 0. The van der Waals surface area contributed by atoms with Gasteiger partial charge in [-0.05, 0) is 37.3 Å². The Balaban J connectivity index is 1.98. The lowest BCUT2D eigenvalue weighted by atomic mass is 9.88. The monoisotopic (exact) mass is 314 g/mol. The standard InChI is InChI=1S/C15H23BrS/c1-2-13-10-11-14(17-13)15(16)12-8-6-4-3-5-7-9-12/h10-12,15H,2-9H2,1H3. The van der Waals surface area contributed by atoms with Crippen LogP contribution in [0.5, 0.6) is 0 Å². The molecular weight excluding hydrogens is 292 g/mol. The molecule has 0 aliphatic heterocycles. The Bertz CT molecular complexity index is 323. The first-order valence-corrected chi connectivity index (χ1v) is 8.77. The Labute approximate surface area is 118 Å². The molecule has 0 amide bonds. The number of aryl methyl sites for hydroxylation is 1. The van der Waals surface area contributed by atoms with Crippen molar-refractivity contribution in [3.63, 3.8) is 0 Å². The zero-order valence-electron chi connectivity index (χ0n) is 10.8. The average Bonchev–Trinajstić information content (AvgIpc) is 2.76. The van der Waals surface area contributed by atoms with Gasteiger partial charge in [0, 0.05) is 9.75 Å². The second kappa shape index (κ2) is 6.94. The predicted octanol–water partition coefficient (Wildman–Crippen LogP) is 6.11. The van der Waals surface area contributed by atoms with Crippen LogP contribution in [0.1, 0.15) is 66.5 Å². The van der Waals surface area contributed by atoms with Crippen molar-refractivity contribution in [3.8, 4) is 0 Å². The highest BCUT2D eigenvalue weighted by Gasteiger charge is 2.22. The van der Waals surface area contributed by atoms with E-state index in [1.165, 1.54) is 56.2 Å². The summed E-state index contributed by atoms with van der Waals surface area (Å²) in [6.45, 7) is 2.24. The van der Waals surface area contributed by atoms with E-state index in [2.05, 4.69) is 35.0 Å². The number of hydrogen-bond donors (Lipinski definition) is 0. The van der Waals surface area contributed by atoms with E-state index in [0.29, 0.717) is 4.83 Å². The van der Waals surface area contributed by atoms with E-state index in [-0.39, 0.29) is 0 Å². The van der Waals surface area contributed by atoms with Crippen LogP contribution in [0, 0.1) is 5.92 Å². The van der Waals surface area contributed by atoms with Crippen LogP contribution >= 0.6 is 27.3 Å². The van der Waals surface area contributed by atoms with Crippen molar-refractivity contribution in [2.45, 2.75) is 63.1 Å². The van der Waals surface area contributed by atoms with Crippen LogP contribution in [0.15, 0.2) is 12.1 Å². The molecular formula is C15H23BrS. The van der Waals surface area contributed by atoms with E-state index in [1.807, 2.05) is 11.3 Å². The van der Waals surface area contributed by atoms with Crippen LogP contribution in [-0.2, 0) is 6.42 Å². The van der Waals surface area contributed by atoms with Gasteiger partial charge in [0.15, 0.2) is 0 Å². The number of thiophene rings is 1. The molecule has 96 valence electrons. The van der Waals surface area contributed by atoms with Crippen molar-refractivity contribution in [1.82, 2.24) is 0 Å². The van der Waals surface area contributed by atoms with Gasteiger partial charge in [-0.15, -0.1) is 11.3 Å². The molecule has 2 rings (SSSR count). The molecule has 0 radical (unpaired) electrons. The van der Waals surface area contributed by atoms with Gasteiger partial charge in [0.2, 0.25) is 0 Å². The van der Waals surface area contributed by atoms with E-state index >= 15 is 0 Å². The summed E-state index contributed by atoms with van der Waals surface area (Å²) in [6.07, 6.45) is 11.2. The Morgan fingerprint density at radius 3 is 2.41 bits per heavy atom. The van der Waals surface area contributed by atoms with Gasteiger partial charge in [0.1, 0.15) is 0 Å². The van der Waals surface area contributed by atoms with Crippen LogP contribution in [0.25, 0.3) is 0 Å². The van der Waals surface area contributed by atoms with Gasteiger partial charge in [0.25, 0.3) is 0 Å². The van der Waals surface area contributed by atoms with Crippen LogP contribution in [-0.4, -0.2) is 0 Å². The molecule has 1 saturated carbocycles. The van der Waals surface area contributed by atoms with Crippen LogP contribution < -0.4 is 0 Å². The first kappa shape index (κ1) is 13.6. The van der Waals surface area contributed by atoms with Crippen molar-refractivity contribution in [2.75, 3.05) is 0 Å². The summed E-state index contributed by atoms with van der Waals surface area (Å²) in [5.74, 6) is 0.860. The molecule has 1 atom stereocenters. The summed E-state index contributed by atoms with van der Waals surface area (Å²) < 4.78 is 0. The van der Waals surface area contributed by atoms with E-state index in [9.17, 15) is 0 Å². The first-order chi connectivity index (χ1) is 8.31. The molecule has 1 heterocycles. The summed E-state index contributed by atoms with van der Waals surface area (Å²) in [4.78, 5) is 3.67. The minimum absolute atomic E-state index is 0.603. The van der Waals surface area contributed by atoms with Gasteiger partial charge in [-0.1, -0.05) is 55.0 Å². The van der Waals surface area contributed by atoms with Gasteiger partial charge >= 0.3 is 0 Å². The fourth-order valence-corrected chi connectivity index (χ4v) is 4.73. The number of halogens is 1. The Hall–Kier alpha value is 0.180. The second-order valence-corrected chi connectivity index (χ2v) is 7.35. The zero-order valence-corrected chi connectivity index (χ0v) is 13.2. The molecule has 1 fully saturated rings. The third-order valence-corrected chi connectivity index (χ3v) is 6.72. The highest BCUT2D eigenvalue weighted by molar-refractivity contribution is 9.09. The van der Waals surface area contributed by atoms with Crippen LogP contribution in [0.4, 0.5) is 0 Å². The fraction of sp³-hybridized carbons (Fsp3) is 0.733. The van der Waals surface area contributed by atoms with Crippen molar-refractivity contribution >= 4 is 27.3 Å². The number of alkyl halides is 1. The number of rotatable bonds is 3. The smallest absolute Gasteiger partial charge is 0.0517 e. The Morgan fingerprint density at radius 2 is 1.82 bits per heavy atom. The lowest BCUT2D eigenvalue weighted by molar-refractivity contribution is 0.376. The molecule has 17 heavy (non-hydrogen) atoms. The van der Waals surface area contributed by atoms with E-state index in [4.69, 9.17) is 0 Å². The lowest BCUT2D eigenvalue weighted by Gasteiger charge is -2.23. The summed E-state index contributed by atoms with van der Waals surface area (Å²) in [6, 6.07) is 4.64. The van der Waals surface area contributed by atoms with Crippen molar-refractivity contribution < 1.29 is 0 Å². The average molecular weight is 315 g/mol. The molecule has 1 unspecified atom stereocenters. The second-order valence-electron chi connectivity index (χ2n) is 5.16. The van der Waals surface area contributed by atoms with E-state index < -0.39 is 0 Å². The molecule has 0 bridgehead atoms. The minimum Gasteiger partial charge on any atom is -0.144 e. The molecule has 0 aromatic carbocycles. The molecule has 0 nitrogen and oxygen atoms in total. The molecule has 1 aromatic rings. The molecule has 1 aliphatic carbocycles. The highest BCUT2D eigenvalue weighted by atomic mass is 79.9. The largest absolute Gasteiger partial charge is 0.144 e. The van der Waals surface area contributed by atoms with Crippen molar-refractivity contribution in [1.29, 1.82) is 0 Å². The molecule has 0 spiro atoms. The van der Waals surface area contributed by atoms with Crippen LogP contribution in [0.3, 0.4) is 0 Å². The third kappa shape index (κ3) is 3.82. The van der Waals surface area contributed by atoms with Crippen molar-refractivity contribution in [3.05, 3.63) is 21.9 Å².